The zero-order valence-electron chi connectivity index (χ0n) is 9.00. The van der Waals surface area contributed by atoms with E-state index in [1.165, 1.54) is 0 Å². The third-order valence-corrected chi connectivity index (χ3v) is 2.16. The van der Waals surface area contributed by atoms with Gasteiger partial charge in [-0.05, 0) is 0 Å². The maximum absolute atomic E-state index is 11.2. The highest BCUT2D eigenvalue weighted by molar-refractivity contribution is 7.11. The Kier molecular flexibility index (Phi) is 7.59. The van der Waals surface area contributed by atoms with Crippen LogP contribution in [0.25, 0.3) is 0 Å². The molecule has 9 heteroatoms. The van der Waals surface area contributed by atoms with Crippen LogP contribution in [0, 0.1) is 5.92 Å². The van der Waals surface area contributed by atoms with E-state index in [9.17, 15) is 19.2 Å². The molecule has 0 fully saturated rings. The Labute approximate surface area is 102 Å². The third-order valence-electron chi connectivity index (χ3n) is 1.66. The van der Waals surface area contributed by atoms with Crippen LogP contribution in [-0.4, -0.2) is 23.9 Å². The van der Waals surface area contributed by atoms with Crippen LogP contribution in [0.5, 0.6) is 0 Å². The summed E-state index contributed by atoms with van der Waals surface area (Å²) in [5.74, 6) is -4.24. The van der Waals surface area contributed by atoms with Crippen LogP contribution >= 0.6 is 18.9 Å². The lowest BCUT2D eigenvalue weighted by molar-refractivity contribution is -0.161. The van der Waals surface area contributed by atoms with Gasteiger partial charge in [-0.3, -0.25) is 19.2 Å². The fraction of sp³-hybridized carbons (Fsp3) is 0.500. The highest BCUT2D eigenvalue weighted by Gasteiger charge is 2.27. The molecular weight excluding hydrogens is 270 g/mol. The second kappa shape index (κ2) is 8.09. The smallest absolute Gasteiger partial charge is 0.314 e. The van der Waals surface area contributed by atoms with Gasteiger partial charge in [-0.1, -0.05) is 0 Å². The molecule has 0 spiro atoms. The fourth-order valence-corrected chi connectivity index (χ4v) is 1.28. The van der Waals surface area contributed by atoms with Gasteiger partial charge in [-0.15, -0.1) is 0 Å². The lowest BCUT2D eigenvalue weighted by Gasteiger charge is -2.11. The summed E-state index contributed by atoms with van der Waals surface area (Å²) in [7, 11) is 3.44. The van der Waals surface area contributed by atoms with Crippen LogP contribution in [0.3, 0.4) is 0 Å². The standard InChI is InChI=1S/C8H12O7P2/c1-4(9)13-6(10)2-5(8(12)15-17)3-7(11)14-16/h5H,2-3,16-17H2,1H3. The van der Waals surface area contributed by atoms with Gasteiger partial charge in [0.15, 0.2) is 0 Å². The average Bonchev–Trinajstić information content (AvgIpc) is 2.25. The van der Waals surface area contributed by atoms with Crippen molar-refractivity contribution in [3.8, 4) is 0 Å². The molecule has 0 radical (unpaired) electrons. The first-order valence-electron chi connectivity index (χ1n) is 4.42. The lowest BCUT2D eigenvalue weighted by Crippen LogP contribution is -2.23. The summed E-state index contributed by atoms with van der Waals surface area (Å²) in [6.07, 6.45) is -0.781. The van der Waals surface area contributed by atoms with Crippen molar-refractivity contribution >= 4 is 42.8 Å². The Morgan fingerprint density at radius 1 is 1.00 bits per heavy atom. The van der Waals surface area contributed by atoms with Crippen molar-refractivity contribution in [2.24, 2.45) is 5.92 Å². The molecule has 0 saturated heterocycles. The largest absolute Gasteiger partial charge is 0.451 e. The van der Waals surface area contributed by atoms with E-state index in [-0.39, 0.29) is 6.42 Å². The molecule has 0 amide bonds. The van der Waals surface area contributed by atoms with Crippen LogP contribution in [0.15, 0.2) is 0 Å². The van der Waals surface area contributed by atoms with E-state index in [2.05, 4.69) is 13.8 Å². The van der Waals surface area contributed by atoms with Crippen molar-refractivity contribution in [3.63, 3.8) is 0 Å². The van der Waals surface area contributed by atoms with Gasteiger partial charge in [0.1, 0.15) is 0 Å². The molecule has 0 heterocycles. The first kappa shape index (κ1) is 15.9. The molecule has 3 atom stereocenters. The van der Waals surface area contributed by atoms with Gasteiger partial charge < -0.3 is 13.8 Å². The number of hydrogen-bond acceptors (Lipinski definition) is 7. The van der Waals surface area contributed by atoms with Gasteiger partial charge in [0.25, 0.3) is 0 Å². The van der Waals surface area contributed by atoms with Gasteiger partial charge >= 0.3 is 23.9 Å². The first-order valence-corrected chi connectivity index (χ1v) is 5.36. The van der Waals surface area contributed by atoms with Crippen molar-refractivity contribution < 1.29 is 33.0 Å². The highest BCUT2D eigenvalue weighted by Crippen LogP contribution is 2.15. The van der Waals surface area contributed by atoms with Crippen LogP contribution in [-0.2, 0) is 33.0 Å². The molecule has 3 unspecified atom stereocenters. The van der Waals surface area contributed by atoms with Crippen molar-refractivity contribution in [3.05, 3.63) is 0 Å². The summed E-state index contributed by atoms with van der Waals surface area (Å²) in [5.41, 5.74) is 0. The second-order valence-electron chi connectivity index (χ2n) is 3.00. The molecule has 17 heavy (non-hydrogen) atoms. The normalized spacial score (nSPS) is 11.2. The topological polar surface area (TPSA) is 96.0 Å². The number of esters is 2. The molecule has 0 aliphatic heterocycles. The zero-order valence-corrected chi connectivity index (χ0v) is 11.3. The summed E-state index contributed by atoms with van der Waals surface area (Å²) in [6.45, 7) is 1.05. The predicted octanol–water partition coefficient (Wildman–Crippen LogP) is 0.139. The molecule has 0 aliphatic rings. The molecule has 0 N–H and O–H groups in total. The predicted molar refractivity (Wildman–Crippen MR) is 61.1 cm³/mol. The Bertz CT molecular complexity index is 328. The molecule has 0 aromatic rings. The van der Waals surface area contributed by atoms with Crippen molar-refractivity contribution in [2.75, 3.05) is 0 Å². The molecule has 7 nitrogen and oxygen atoms in total. The van der Waals surface area contributed by atoms with E-state index in [4.69, 9.17) is 0 Å². The van der Waals surface area contributed by atoms with Crippen LogP contribution in [0.2, 0.25) is 0 Å². The minimum absolute atomic E-state index is 0.344. The van der Waals surface area contributed by atoms with Crippen molar-refractivity contribution in [1.29, 1.82) is 0 Å². The number of rotatable bonds is 5. The van der Waals surface area contributed by atoms with E-state index < -0.39 is 36.2 Å². The summed E-state index contributed by atoms with van der Waals surface area (Å²) in [4.78, 5) is 43.8. The van der Waals surface area contributed by atoms with Crippen LogP contribution in [0.1, 0.15) is 19.8 Å². The zero-order chi connectivity index (χ0) is 13.4. The highest BCUT2D eigenvalue weighted by atomic mass is 31.0. The maximum Gasteiger partial charge on any atom is 0.314 e. The van der Waals surface area contributed by atoms with Gasteiger partial charge in [-0.2, -0.15) is 0 Å². The third kappa shape index (κ3) is 6.97. The molecular formula is C8H12O7P2. The fourth-order valence-electron chi connectivity index (χ4n) is 0.988. The average molecular weight is 282 g/mol. The Hall–Kier alpha value is -1.06. The summed E-state index contributed by atoms with van der Waals surface area (Å²) in [5, 5.41) is 0. The number of ether oxygens (including phenoxy) is 1. The molecule has 0 aromatic heterocycles. The Balaban J connectivity index is 4.48. The first-order chi connectivity index (χ1) is 7.90. The van der Waals surface area contributed by atoms with E-state index >= 15 is 0 Å². The Morgan fingerprint density at radius 2 is 1.53 bits per heavy atom. The molecule has 0 aliphatic carbocycles. The SMILES string of the molecule is CC(=O)OC(=O)CC(CC(=O)OP)C(=O)OP. The van der Waals surface area contributed by atoms with Crippen molar-refractivity contribution in [2.45, 2.75) is 19.8 Å². The van der Waals surface area contributed by atoms with Crippen molar-refractivity contribution in [1.82, 2.24) is 0 Å². The van der Waals surface area contributed by atoms with E-state index in [1.807, 2.05) is 0 Å². The second-order valence-corrected chi connectivity index (χ2v) is 3.47. The number of carbonyl (C=O) groups excluding carboxylic acids is 4. The Morgan fingerprint density at radius 3 is 1.94 bits per heavy atom. The van der Waals surface area contributed by atoms with Crippen LogP contribution in [0.4, 0.5) is 0 Å². The lowest BCUT2D eigenvalue weighted by atomic mass is 10.0. The molecule has 0 aromatic carbocycles. The van der Waals surface area contributed by atoms with Gasteiger partial charge in [0, 0.05) is 6.92 Å². The van der Waals surface area contributed by atoms with Gasteiger partial charge in [0.2, 0.25) is 0 Å². The number of hydrogen-bond donors (Lipinski definition) is 0. The van der Waals surface area contributed by atoms with E-state index in [0.29, 0.717) is 0 Å². The van der Waals surface area contributed by atoms with Crippen LogP contribution < -0.4 is 0 Å². The summed E-state index contributed by atoms with van der Waals surface area (Å²) >= 11 is 0. The number of carbonyl (C=O) groups is 4. The molecule has 0 bridgehead atoms. The molecule has 0 saturated carbocycles. The quantitative estimate of drug-likeness (QED) is 0.402. The maximum atomic E-state index is 11.2. The summed E-state index contributed by atoms with van der Waals surface area (Å²) in [6, 6.07) is 0. The van der Waals surface area contributed by atoms with Gasteiger partial charge in [-0.25, -0.2) is 0 Å². The minimum atomic E-state index is -1.05. The molecule has 0 rings (SSSR count). The van der Waals surface area contributed by atoms with Gasteiger partial charge in [0.05, 0.1) is 37.7 Å². The minimum Gasteiger partial charge on any atom is -0.451 e. The van der Waals surface area contributed by atoms with E-state index in [1.54, 1.807) is 18.9 Å². The monoisotopic (exact) mass is 282 g/mol. The molecule has 96 valence electrons. The van der Waals surface area contributed by atoms with E-state index in [0.717, 1.165) is 6.92 Å². The summed E-state index contributed by atoms with van der Waals surface area (Å²) < 4.78 is 12.9.